The zero-order valence-corrected chi connectivity index (χ0v) is 9.16. The Morgan fingerprint density at radius 3 is 2.73 bits per heavy atom. The van der Waals surface area contributed by atoms with Crippen LogP contribution in [0.5, 0.6) is 0 Å². The summed E-state index contributed by atoms with van der Waals surface area (Å²) in [6.07, 6.45) is 0. The van der Waals surface area contributed by atoms with E-state index in [1.54, 1.807) is 0 Å². The first kappa shape index (κ1) is 10.2. The fraction of sp³-hybridized carbons (Fsp3) is 0.333. The second-order valence-electron chi connectivity index (χ2n) is 4.03. The van der Waals surface area contributed by atoms with Crippen LogP contribution in [0.2, 0.25) is 0 Å². The van der Waals surface area contributed by atoms with Gasteiger partial charge in [0.05, 0.1) is 6.54 Å². The molecule has 2 aromatic rings. The molecule has 0 unspecified atom stereocenters. The van der Waals surface area contributed by atoms with Gasteiger partial charge in [-0.2, -0.15) is 0 Å². The lowest BCUT2D eigenvalue weighted by atomic mass is 10.1. The Morgan fingerprint density at radius 1 is 1.27 bits per heavy atom. The molecule has 1 aromatic heterocycles. The maximum atomic E-state index is 5.70. The third-order valence-corrected chi connectivity index (χ3v) is 2.34. The highest BCUT2D eigenvalue weighted by Crippen LogP contribution is 2.21. The van der Waals surface area contributed by atoms with Gasteiger partial charge in [-0.3, -0.25) is 0 Å². The second-order valence-corrected chi connectivity index (χ2v) is 4.03. The van der Waals surface area contributed by atoms with Crippen molar-refractivity contribution < 1.29 is 4.42 Å². The van der Waals surface area contributed by atoms with E-state index in [4.69, 9.17) is 10.2 Å². The molecular formula is C12H16N2O. The minimum atomic E-state index is 0.574. The molecule has 3 heteroatoms. The molecule has 0 bridgehead atoms. The van der Waals surface area contributed by atoms with E-state index in [0.717, 1.165) is 28.8 Å². The third-order valence-electron chi connectivity index (χ3n) is 2.34. The zero-order chi connectivity index (χ0) is 10.8. The van der Waals surface area contributed by atoms with Crippen LogP contribution in [0.1, 0.15) is 11.3 Å². The molecule has 0 aliphatic heterocycles. The van der Waals surface area contributed by atoms with Gasteiger partial charge < -0.3 is 15.1 Å². The number of nitrogens with two attached hydrogens (primary N) is 1. The van der Waals surface area contributed by atoms with Crippen molar-refractivity contribution in [1.29, 1.82) is 0 Å². The lowest BCUT2D eigenvalue weighted by molar-refractivity contribution is 0.358. The van der Waals surface area contributed by atoms with E-state index < -0.39 is 0 Å². The average molecular weight is 204 g/mol. The fourth-order valence-electron chi connectivity index (χ4n) is 1.66. The van der Waals surface area contributed by atoms with Crippen LogP contribution in [0.25, 0.3) is 11.0 Å². The normalized spacial score (nSPS) is 11.5. The maximum absolute atomic E-state index is 5.70. The smallest absolute Gasteiger partial charge is 0.134 e. The number of nitrogens with zero attached hydrogens (tertiary/aromatic N) is 1. The molecule has 0 saturated carbocycles. The number of fused-ring (bicyclic) bond motifs is 1. The third kappa shape index (κ3) is 2.19. The van der Waals surface area contributed by atoms with Crippen LogP contribution in [-0.4, -0.2) is 19.0 Å². The Bertz CT molecular complexity index is 460. The summed E-state index contributed by atoms with van der Waals surface area (Å²) < 4.78 is 5.70. The Kier molecular flexibility index (Phi) is 2.75. The molecule has 80 valence electrons. The Morgan fingerprint density at radius 2 is 2.07 bits per heavy atom. The molecule has 15 heavy (non-hydrogen) atoms. The van der Waals surface area contributed by atoms with Gasteiger partial charge in [0, 0.05) is 11.9 Å². The van der Waals surface area contributed by atoms with E-state index in [1.165, 1.54) is 0 Å². The summed E-state index contributed by atoms with van der Waals surface area (Å²) >= 11 is 0. The molecule has 2 N–H and O–H groups in total. The molecule has 3 nitrogen and oxygen atoms in total. The van der Waals surface area contributed by atoms with Crippen molar-refractivity contribution in [3.05, 3.63) is 35.6 Å². The summed E-state index contributed by atoms with van der Waals surface area (Å²) in [4.78, 5) is 2.08. The predicted octanol–water partition coefficient (Wildman–Crippen LogP) is 1.95. The predicted molar refractivity (Wildman–Crippen MR) is 61.5 cm³/mol. The minimum absolute atomic E-state index is 0.574. The number of rotatable bonds is 3. The first-order valence-corrected chi connectivity index (χ1v) is 5.05. The summed E-state index contributed by atoms with van der Waals surface area (Å²) in [5, 5.41) is 1.13. The summed E-state index contributed by atoms with van der Waals surface area (Å²) in [7, 11) is 4.05. The highest BCUT2D eigenvalue weighted by atomic mass is 16.3. The van der Waals surface area contributed by atoms with Crippen LogP contribution in [0.15, 0.2) is 28.7 Å². The summed E-state index contributed by atoms with van der Waals surface area (Å²) in [5.41, 5.74) is 7.66. The molecule has 1 heterocycles. The van der Waals surface area contributed by atoms with Crippen LogP contribution in [-0.2, 0) is 13.1 Å². The molecule has 0 amide bonds. The van der Waals surface area contributed by atoms with Crippen molar-refractivity contribution >= 4 is 11.0 Å². The van der Waals surface area contributed by atoms with Crippen molar-refractivity contribution in [2.75, 3.05) is 14.1 Å². The van der Waals surface area contributed by atoms with E-state index in [2.05, 4.69) is 17.0 Å². The molecule has 0 saturated heterocycles. The van der Waals surface area contributed by atoms with E-state index in [9.17, 15) is 0 Å². The van der Waals surface area contributed by atoms with E-state index in [0.29, 0.717) is 6.54 Å². The summed E-state index contributed by atoms with van der Waals surface area (Å²) in [5.74, 6) is 0.990. The number of hydrogen-bond donors (Lipinski definition) is 1. The molecular weight excluding hydrogens is 188 g/mol. The topological polar surface area (TPSA) is 42.4 Å². The van der Waals surface area contributed by atoms with Gasteiger partial charge in [-0.1, -0.05) is 6.07 Å². The molecule has 1 aromatic carbocycles. The van der Waals surface area contributed by atoms with E-state index in [-0.39, 0.29) is 0 Å². The minimum Gasteiger partial charge on any atom is -0.460 e. The SMILES string of the molecule is CN(C)Cc1cc2cc(CN)ccc2o1. The Hall–Kier alpha value is -1.32. The van der Waals surface area contributed by atoms with Crippen molar-refractivity contribution in [3.8, 4) is 0 Å². The van der Waals surface area contributed by atoms with E-state index in [1.807, 2.05) is 26.2 Å². The quantitative estimate of drug-likeness (QED) is 0.831. The molecule has 0 aliphatic rings. The number of benzene rings is 1. The summed E-state index contributed by atoms with van der Waals surface area (Å²) in [6.45, 7) is 1.40. The standard InChI is InChI=1S/C12H16N2O/c1-14(2)8-11-6-10-5-9(7-13)3-4-12(10)15-11/h3-6H,7-8,13H2,1-2H3. The van der Waals surface area contributed by atoms with Crippen molar-refractivity contribution in [1.82, 2.24) is 4.90 Å². The van der Waals surface area contributed by atoms with Gasteiger partial charge in [0.1, 0.15) is 11.3 Å². The molecule has 0 aliphatic carbocycles. The highest BCUT2D eigenvalue weighted by Gasteiger charge is 2.04. The lowest BCUT2D eigenvalue weighted by Crippen LogP contribution is -2.09. The molecule has 0 spiro atoms. The van der Waals surface area contributed by atoms with Gasteiger partial charge in [0.25, 0.3) is 0 Å². The van der Waals surface area contributed by atoms with Gasteiger partial charge in [0.15, 0.2) is 0 Å². The molecule has 0 radical (unpaired) electrons. The second kappa shape index (κ2) is 4.04. The first-order chi connectivity index (χ1) is 7.19. The van der Waals surface area contributed by atoms with Crippen LogP contribution >= 0.6 is 0 Å². The van der Waals surface area contributed by atoms with Crippen LogP contribution in [0.3, 0.4) is 0 Å². The van der Waals surface area contributed by atoms with Crippen LogP contribution in [0, 0.1) is 0 Å². The zero-order valence-electron chi connectivity index (χ0n) is 9.16. The van der Waals surface area contributed by atoms with Gasteiger partial charge in [-0.15, -0.1) is 0 Å². The first-order valence-electron chi connectivity index (χ1n) is 5.05. The molecule has 0 atom stereocenters. The van der Waals surface area contributed by atoms with Crippen LogP contribution < -0.4 is 5.73 Å². The van der Waals surface area contributed by atoms with E-state index >= 15 is 0 Å². The largest absolute Gasteiger partial charge is 0.460 e. The molecule has 2 rings (SSSR count). The number of furan rings is 1. The fourth-order valence-corrected chi connectivity index (χ4v) is 1.66. The van der Waals surface area contributed by atoms with Gasteiger partial charge in [-0.05, 0) is 37.9 Å². The Labute approximate surface area is 89.5 Å². The van der Waals surface area contributed by atoms with Gasteiger partial charge in [-0.25, -0.2) is 0 Å². The number of hydrogen-bond acceptors (Lipinski definition) is 3. The summed E-state index contributed by atoms with van der Waals surface area (Å²) in [6, 6.07) is 8.15. The van der Waals surface area contributed by atoms with Gasteiger partial charge in [0.2, 0.25) is 0 Å². The van der Waals surface area contributed by atoms with Crippen molar-refractivity contribution in [2.24, 2.45) is 5.73 Å². The van der Waals surface area contributed by atoms with Crippen molar-refractivity contribution in [2.45, 2.75) is 13.1 Å². The molecule has 0 fully saturated rings. The maximum Gasteiger partial charge on any atom is 0.134 e. The van der Waals surface area contributed by atoms with Crippen LogP contribution in [0.4, 0.5) is 0 Å². The van der Waals surface area contributed by atoms with Gasteiger partial charge >= 0.3 is 0 Å². The average Bonchev–Trinajstić information content (AvgIpc) is 2.57. The Balaban J connectivity index is 2.37. The highest BCUT2D eigenvalue weighted by molar-refractivity contribution is 5.78. The lowest BCUT2D eigenvalue weighted by Gasteiger charge is -2.04. The monoisotopic (exact) mass is 204 g/mol. The van der Waals surface area contributed by atoms with Crippen molar-refractivity contribution in [3.63, 3.8) is 0 Å².